The van der Waals surface area contributed by atoms with Gasteiger partial charge in [0, 0.05) is 19.6 Å². The molecule has 0 radical (unpaired) electrons. The van der Waals surface area contributed by atoms with E-state index in [2.05, 4.69) is 24.4 Å². The second-order valence-corrected chi connectivity index (χ2v) is 6.72. The van der Waals surface area contributed by atoms with E-state index < -0.39 is 0 Å². The molecule has 1 spiro atoms. The Morgan fingerprint density at radius 3 is 2.87 bits per heavy atom. The fourth-order valence-electron chi connectivity index (χ4n) is 3.91. The lowest BCUT2D eigenvalue weighted by Gasteiger charge is -2.52. The van der Waals surface area contributed by atoms with E-state index in [0.717, 1.165) is 25.9 Å². The van der Waals surface area contributed by atoms with Gasteiger partial charge in [0.1, 0.15) is 5.60 Å². The lowest BCUT2D eigenvalue weighted by molar-refractivity contribution is -0.198. The van der Waals surface area contributed by atoms with Crippen LogP contribution in [0.3, 0.4) is 0 Å². The standard InChI is InChI=1S/C19H27NO3/c1-3-22-17-13-16(19(17)10-7-11-23-19)20-18(21)12-14(2)15-8-5-4-6-9-15/h4-6,8-9,14,16-17H,3,7,10-13H2,1-2H3,(H,20,21)/t14-,16+,17-,19-/m1/s1. The third-order valence-electron chi connectivity index (χ3n) is 5.23. The van der Waals surface area contributed by atoms with E-state index in [0.29, 0.717) is 13.0 Å². The second-order valence-electron chi connectivity index (χ2n) is 6.72. The Kier molecular flexibility index (Phi) is 5.02. The normalized spacial score (nSPS) is 30.9. The molecule has 1 aliphatic heterocycles. The molecule has 1 saturated heterocycles. The molecule has 0 bridgehead atoms. The number of hydrogen-bond acceptors (Lipinski definition) is 3. The van der Waals surface area contributed by atoms with Gasteiger partial charge in [-0.25, -0.2) is 0 Å². The molecule has 3 rings (SSSR count). The molecule has 2 fully saturated rings. The molecule has 2 aliphatic rings. The summed E-state index contributed by atoms with van der Waals surface area (Å²) in [6, 6.07) is 10.3. The zero-order chi connectivity index (χ0) is 16.3. The smallest absolute Gasteiger partial charge is 0.220 e. The third kappa shape index (κ3) is 3.29. The summed E-state index contributed by atoms with van der Waals surface area (Å²) in [4.78, 5) is 12.4. The van der Waals surface area contributed by atoms with E-state index in [-0.39, 0.29) is 29.6 Å². The molecule has 1 heterocycles. The van der Waals surface area contributed by atoms with Crippen LogP contribution in [0.1, 0.15) is 51.0 Å². The summed E-state index contributed by atoms with van der Waals surface area (Å²) in [5, 5.41) is 3.19. The lowest BCUT2D eigenvalue weighted by atomic mass is 9.70. The van der Waals surface area contributed by atoms with Gasteiger partial charge in [-0.05, 0) is 37.7 Å². The van der Waals surface area contributed by atoms with Gasteiger partial charge in [0.25, 0.3) is 0 Å². The van der Waals surface area contributed by atoms with Crippen LogP contribution in [-0.2, 0) is 14.3 Å². The summed E-state index contributed by atoms with van der Waals surface area (Å²) in [6.07, 6.45) is 3.54. The van der Waals surface area contributed by atoms with E-state index in [9.17, 15) is 4.79 Å². The first-order valence-corrected chi connectivity index (χ1v) is 8.75. The molecule has 4 heteroatoms. The van der Waals surface area contributed by atoms with Crippen LogP contribution < -0.4 is 5.32 Å². The van der Waals surface area contributed by atoms with E-state index in [4.69, 9.17) is 9.47 Å². The number of carbonyl (C=O) groups excluding carboxylic acids is 1. The van der Waals surface area contributed by atoms with Crippen molar-refractivity contribution < 1.29 is 14.3 Å². The van der Waals surface area contributed by atoms with Gasteiger partial charge in [-0.1, -0.05) is 37.3 Å². The van der Waals surface area contributed by atoms with Crippen LogP contribution in [0, 0.1) is 0 Å². The van der Waals surface area contributed by atoms with Crippen LogP contribution in [-0.4, -0.2) is 36.9 Å². The van der Waals surface area contributed by atoms with Gasteiger partial charge < -0.3 is 14.8 Å². The predicted molar refractivity (Wildman–Crippen MR) is 89.4 cm³/mol. The number of rotatable bonds is 6. The quantitative estimate of drug-likeness (QED) is 0.877. The summed E-state index contributed by atoms with van der Waals surface area (Å²) in [5.41, 5.74) is 0.928. The molecule has 0 unspecified atom stereocenters. The predicted octanol–water partition coefficient (Wildman–Crippen LogP) is 3.02. The van der Waals surface area contributed by atoms with Crippen LogP contribution in [0.25, 0.3) is 0 Å². The molecule has 0 aromatic heterocycles. The van der Waals surface area contributed by atoms with Gasteiger partial charge in [0.15, 0.2) is 0 Å². The monoisotopic (exact) mass is 317 g/mol. The third-order valence-corrected chi connectivity index (χ3v) is 5.23. The average Bonchev–Trinajstić information content (AvgIpc) is 3.07. The Morgan fingerprint density at radius 2 is 2.22 bits per heavy atom. The van der Waals surface area contributed by atoms with Gasteiger partial charge >= 0.3 is 0 Å². The van der Waals surface area contributed by atoms with Crippen molar-refractivity contribution >= 4 is 5.91 Å². The highest BCUT2D eigenvalue weighted by Gasteiger charge is 2.59. The first-order chi connectivity index (χ1) is 11.2. The van der Waals surface area contributed by atoms with Crippen molar-refractivity contribution in [1.29, 1.82) is 0 Å². The van der Waals surface area contributed by atoms with Gasteiger partial charge in [-0.3, -0.25) is 4.79 Å². The van der Waals surface area contributed by atoms with Crippen molar-refractivity contribution in [3.8, 4) is 0 Å². The maximum Gasteiger partial charge on any atom is 0.220 e. The summed E-state index contributed by atoms with van der Waals surface area (Å²) >= 11 is 0. The highest BCUT2D eigenvalue weighted by atomic mass is 16.6. The first kappa shape index (κ1) is 16.5. The zero-order valence-electron chi connectivity index (χ0n) is 14.1. The minimum atomic E-state index is -0.276. The SMILES string of the molecule is CCO[C@@H]1C[C@H](NC(=O)C[C@@H](C)c2ccccc2)[C@]12CCCO2. The van der Waals surface area contributed by atoms with Crippen molar-refractivity contribution in [2.75, 3.05) is 13.2 Å². The molecule has 1 N–H and O–H groups in total. The molecular formula is C19H27NO3. The van der Waals surface area contributed by atoms with Crippen LogP contribution in [0.5, 0.6) is 0 Å². The van der Waals surface area contributed by atoms with Crippen LogP contribution >= 0.6 is 0 Å². The Hall–Kier alpha value is -1.39. The molecule has 1 aromatic rings. The summed E-state index contributed by atoms with van der Waals surface area (Å²) < 4.78 is 11.8. The average molecular weight is 317 g/mol. The van der Waals surface area contributed by atoms with Crippen molar-refractivity contribution in [2.24, 2.45) is 0 Å². The van der Waals surface area contributed by atoms with Gasteiger partial charge in [0.05, 0.1) is 12.1 Å². The Balaban J connectivity index is 1.56. The number of ether oxygens (including phenoxy) is 2. The van der Waals surface area contributed by atoms with Gasteiger partial charge in [0.2, 0.25) is 5.91 Å². The Labute approximate surface area is 138 Å². The largest absolute Gasteiger partial charge is 0.375 e. The Morgan fingerprint density at radius 1 is 1.43 bits per heavy atom. The number of amides is 1. The van der Waals surface area contributed by atoms with Crippen molar-refractivity contribution in [2.45, 2.75) is 63.2 Å². The number of hydrogen-bond donors (Lipinski definition) is 1. The summed E-state index contributed by atoms with van der Waals surface area (Å²) in [5.74, 6) is 0.329. The van der Waals surface area contributed by atoms with Gasteiger partial charge in [-0.15, -0.1) is 0 Å². The molecule has 23 heavy (non-hydrogen) atoms. The van der Waals surface area contributed by atoms with Gasteiger partial charge in [-0.2, -0.15) is 0 Å². The number of benzene rings is 1. The molecule has 1 aromatic carbocycles. The lowest BCUT2D eigenvalue weighted by Crippen LogP contribution is -2.69. The van der Waals surface area contributed by atoms with Crippen molar-refractivity contribution in [3.05, 3.63) is 35.9 Å². The maximum atomic E-state index is 12.4. The van der Waals surface area contributed by atoms with Crippen LogP contribution in [0.2, 0.25) is 0 Å². The minimum Gasteiger partial charge on any atom is -0.375 e. The molecular weight excluding hydrogens is 290 g/mol. The van der Waals surface area contributed by atoms with Crippen molar-refractivity contribution in [1.82, 2.24) is 5.32 Å². The fourth-order valence-corrected chi connectivity index (χ4v) is 3.91. The van der Waals surface area contributed by atoms with E-state index in [1.165, 1.54) is 5.56 Å². The molecule has 4 nitrogen and oxygen atoms in total. The van der Waals surface area contributed by atoms with Crippen LogP contribution in [0.15, 0.2) is 30.3 Å². The number of carbonyl (C=O) groups is 1. The number of nitrogens with one attached hydrogen (secondary N) is 1. The second kappa shape index (κ2) is 7.02. The van der Waals surface area contributed by atoms with E-state index in [1.807, 2.05) is 25.1 Å². The first-order valence-electron chi connectivity index (χ1n) is 8.75. The highest BCUT2D eigenvalue weighted by molar-refractivity contribution is 5.77. The minimum absolute atomic E-state index is 0.0945. The zero-order valence-corrected chi connectivity index (χ0v) is 14.1. The molecule has 1 aliphatic carbocycles. The topological polar surface area (TPSA) is 47.6 Å². The van der Waals surface area contributed by atoms with Crippen LogP contribution in [0.4, 0.5) is 0 Å². The molecule has 1 saturated carbocycles. The highest BCUT2D eigenvalue weighted by Crippen LogP contribution is 2.45. The maximum absolute atomic E-state index is 12.4. The molecule has 1 amide bonds. The fraction of sp³-hybridized carbons (Fsp3) is 0.632. The molecule has 4 atom stereocenters. The summed E-state index contributed by atoms with van der Waals surface area (Å²) in [7, 11) is 0. The van der Waals surface area contributed by atoms with E-state index in [1.54, 1.807) is 0 Å². The Bertz CT molecular complexity index is 525. The molecule has 126 valence electrons. The van der Waals surface area contributed by atoms with Crippen molar-refractivity contribution in [3.63, 3.8) is 0 Å². The summed E-state index contributed by atoms with van der Waals surface area (Å²) in [6.45, 7) is 5.58. The van der Waals surface area contributed by atoms with E-state index >= 15 is 0 Å².